The average molecular weight is 564 g/mol. The van der Waals surface area contributed by atoms with Gasteiger partial charge < -0.3 is 24.8 Å². The Balaban J connectivity index is 1.97. The molecule has 0 radical (unpaired) electrons. The lowest BCUT2D eigenvalue weighted by atomic mass is 10.1. The van der Waals surface area contributed by atoms with Gasteiger partial charge >= 0.3 is 0 Å². The SMILES string of the molecule is C=C/C(=C\C(Cl)=C(C)C)Nc1ncnc2cc(OC[C@H]3COCCO3)c(NC(=O)/C=C/CBr)cc12. The molecule has 0 aliphatic carbocycles. The second kappa shape index (κ2) is 13.4. The first-order valence-electron chi connectivity index (χ1n) is 11.0. The predicted molar refractivity (Wildman–Crippen MR) is 143 cm³/mol. The van der Waals surface area contributed by atoms with Crippen LogP contribution in [0.1, 0.15) is 13.8 Å². The monoisotopic (exact) mass is 562 g/mol. The van der Waals surface area contributed by atoms with E-state index in [4.69, 9.17) is 25.8 Å². The van der Waals surface area contributed by atoms with Crippen molar-refractivity contribution in [3.63, 3.8) is 0 Å². The van der Waals surface area contributed by atoms with E-state index < -0.39 is 0 Å². The van der Waals surface area contributed by atoms with Crippen LogP contribution in [-0.2, 0) is 14.3 Å². The maximum absolute atomic E-state index is 12.5. The van der Waals surface area contributed by atoms with Gasteiger partial charge in [-0.05, 0) is 32.1 Å². The lowest BCUT2D eigenvalue weighted by molar-refractivity contribution is -0.112. The summed E-state index contributed by atoms with van der Waals surface area (Å²) in [7, 11) is 0. The van der Waals surface area contributed by atoms with Gasteiger partial charge in [0.15, 0.2) is 0 Å². The number of hydrogen-bond donors (Lipinski definition) is 2. The summed E-state index contributed by atoms with van der Waals surface area (Å²) in [4.78, 5) is 21.2. The van der Waals surface area contributed by atoms with E-state index in [-0.39, 0.29) is 18.6 Å². The Morgan fingerprint density at radius 2 is 2.14 bits per heavy atom. The molecule has 2 aromatic rings. The number of anilines is 2. The highest BCUT2D eigenvalue weighted by atomic mass is 79.9. The van der Waals surface area contributed by atoms with Gasteiger partial charge in [0.1, 0.15) is 30.6 Å². The van der Waals surface area contributed by atoms with Crippen molar-refractivity contribution in [3.8, 4) is 5.75 Å². The molecule has 2 heterocycles. The molecule has 1 aromatic heterocycles. The van der Waals surface area contributed by atoms with E-state index in [9.17, 15) is 4.79 Å². The molecule has 1 aromatic carbocycles. The number of allylic oxidation sites excluding steroid dienone is 5. The third kappa shape index (κ3) is 7.90. The zero-order valence-corrected chi connectivity index (χ0v) is 22.0. The quantitative estimate of drug-likeness (QED) is 0.229. The Morgan fingerprint density at radius 3 is 2.83 bits per heavy atom. The van der Waals surface area contributed by atoms with E-state index in [0.717, 1.165) is 5.57 Å². The van der Waals surface area contributed by atoms with E-state index in [1.54, 1.807) is 30.4 Å². The molecule has 1 aliphatic heterocycles. The van der Waals surface area contributed by atoms with Crippen molar-refractivity contribution in [1.82, 2.24) is 9.97 Å². The van der Waals surface area contributed by atoms with Crippen LogP contribution in [0.15, 0.2) is 65.6 Å². The normalized spacial score (nSPS) is 16.2. The number of amides is 1. The van der Waals surface area contributed by atoms with Gasteiger partial charge in [0.05, 0.1) is 31.0 Å². The van der Waals surface area contributed by atoms with Gasteiger partial charge in [-0.15, -0.1) is 0 Å². The number of fused-ring (bicyclic) bond motifs is 1. The minimum atomic E-state index is -0.292. The molecular formula is C25H28BrClN4O4. The van der Waals surface area contributed by atoms with Gasteiger partial charge in [-0.2, -0.15) is 0 Å². The summed E-state index contributed by atoms with van der Waals surface area (Å²) in [6.45, 7) is 9.50. The van der Waals surface area contributed by atoms with Crippen molar-refractivity contribution in [3.05, 3.63) is 65.6 Å². The van der Waals surface area contributed by atoms with E-state index >= 15 is 0 Å². The molecule has 186 valence electrons. The lowest BCUT2D eigenvalue weighted by Crippen LogP contribution is -2.33. The van der Waals surface area contributed by atoms with Crippen LogP contribution < -0.4 is 15.4 Å². The summed E-state index contributed by atoms with van der Waals surface area (Å²) in [6, 6.07) is 3.53. The molecule has 2 N–H and O–H groups in total. The predicted octanol–water partition coefficient (Wildman–Crippen LogP) is 5.33. The number of carbonyl (C=O) groups excluding carboxylic acids is 1. The summed E-state index contributed by atoms with van der Waals surface area (Å²) in [5.41, 5.74) is 2.74. The minimum Gasteiger partial charge on any atom is -0.489 e. The molecule has 1 atom stereocenters. The van der Waals surface area contributed by atoms with Gasteiger partial charge in [0, 0.05) is 33.6 Å². The molecule has 0 bridgehead atoms. The first-order chi connectivity index (χ1) is 16.9. The minimum absolute atomic E-state index is 0.195. The standard InChI is InChI=1S/C25H28BrClN4O4/c1-4-17(10-20(27)16(2)3)30-25-19-11-22(31-24(32)6-5-7-26)23(12-21(19)28-15-29-25)35-14-18-13-33-8-9-34-18/h4-6,10-12,15,18H,1,7-9,13-14H2,2-3H3,(H,31,32)(H,28,29,30)/b6-5+,17-10+/t18-/m1/s1. The summed E-state index contributed by atoms with van der Waals surface area (Å²) >= 11 is 9.58. The molecular weight excluding hydrogens is 536 g/mol. The third-order valence-electron chi connectivity index (χ3n) is 4.91. The molecule has 1 fully saturated rings. The summed E-state index contributed by atoms with van der Waals surface area (Å²) in [5, 5.41) is 7.96. The number of carbonyl (C=O) groups is 1. The van der Waals surface area contributed by atoms with Crippen molar-refractivity contribution in [1.29, 1.82) is 0 Å². The molecule has 8 nitrogen and oxygen atoms in total. The van der Waals surface area contributed by atoms with Crippen molar-refractivity contribution in [2.24, 2.45) is 0 Å². The second-order valence-electron chi connectivity index (χ2n) is 7.79. The smallest absolute Gasteiger partial charge is 0.248 e. The Bertz CT molecular complexity index is 1160. The van der Waals surface area contributed by atoms with Crippen molar-refractivity contribution >= 4 is 55.8 Å². The first kappa shape index (κ1) is 26.9. The Kier molecular flexibility index (Phi) is 10.3. The molecule has 1 amide bonds. The first-order valence-corrected chi connectivity index (χ1v) is 12.5. The summed E-state index contributed by atoms with van der Waals surface area (Å²) in [5.74, 6) is 0.699. The third-order valence-corrected chi connectivity index (χ3v) is 5.77. The van der Waals surface area contributed by atoms with Gasteiger partial charge in [0.25, 0.3) is 0 Å². The van der Waals surface area contributed by atoms with Crippen LogP contribution in [0, 0.1) is 0 Å². The maximum atomic E-state index is 12.5. The van der Waals surface area contributed by atoms with Gasteiger partial charge in [-0.25, -0.2) is 9.97 Å². The molecule has 1 saturated heterocycles. The fraction of sp³-hybridized carbons (Fsp3) is 0.320. The number of rotatable bonds is 10. The van der Waals surface area contributed by atoms with Gasteiger partial charge in [-0.3, -0.25) is 4.79 Å². The van der Waals surface area contributed by atoms with Crippen LogP contribution in [0.25, 0.3) is 10.9 Å². The van der Waals surface area contributed by atoms with Crippen LogP contribution in [-0.4, -0.2) is 53.7 Å². The fourth-order valence-electron chi connectivity index (χ4n) is 3.11. The van der Waals surface area contributed by atoms with E-state index in [0.29, 0.717) is 64.0 Å². The number of alkyl halides is 1. The van der Waals surface area contributed by atoms with Crippen LogP contribution in [0.4, 0.5) is 11.5 Å². The number of ether oxygens (including phenoxy) is 3. The number of hydrogen-bond acceptors (Lipinski definition) is 7. The topological polar surface area (TPSA) is 94.6 Å². The van der Waals surface area contributed by atoms with Crippen LogP contribution in [0.3, 0.4) is 0 Å². The van der Waals surface area contributed by atoms with Gasteiger partial charge in [-0.1, -0.05) is 45.8 Å². The maximum Gasteiger partial charge on any atom is 0.248 e. The van der Waals surface area contributed by atoms with Gasteiger partial charge in [0.2, 0.25) is 5.91 Å². The zero-order valence-electron chi connectivity index (χ0n) is 19.6. The average Bonchev–Trinajstić information content (AvgIpc) is 2.86. The van der Waals surface area contributed by atoms with Crippen molar-refractivity contribution < 1.29 is 19.0 Å². The fourth-order valence-corrected chi connectivity index (χ4v) is 3.41. The highest BCUT2D eigenvalue weighted by Gasteiger charge is 2.18. The molecule has 0 unspecified atom stereocenters. The van der Waals surface area contributed by atoms with Crippen LogP contribution >= 0.6 is 27.5 Å². The molecule has 10 heteroatoms. The second-order valence-corrected chi connectivity index (χ2v) is 8.84. The lowest BCUT2D eigenvalue weighted by Gasteiger charge is -2.23. The Morgan fingerprint density at radius 1 is 1.31 bits per heavy atom. The summed E-state index contributed by atoms with van der Waals surface area (Å²) < 4.78 is 17.1. The van der Waals surface area contributed by atoms with Crippen LogP contribution in [0.2, 0.25) is 0 Å². The number of nitrogens with one attached hydrogen (secondary N) is 2. The van der Waals surface area contributed by atoms with Crippen LogP contribution in [0.5, 0.6) is 5.75 Å². The van der Waals surface area contributed by atoms with E-state index in [2.05, 4.69) is 43.1 Å². The van der Waals surface area contributed by atoms with E-state index in [1.807, 2.05) is 13.8 Å². The Labute approximate surface area is 218 Å². The number of halogens is 2. The molecule has 3 rings (SSSR count). The largest absolute Gasteiger partial charge is 0.489 e. The zero-order chi connectivity index (χ0) is 25.2. The number of nitrogens with zero attached hydrogens (tertiary/aromatic N) is 2. The summed E-state index contributed by atoms with van der Waals surface area (Å²) in [6.07, 6.45) is 7.83. The molecule has 1 aliphatic rings. The van der Waals surface area contributed by atoms with E-state index in [1.165, 1.54) is 12.4 Å². The number of benzene rings is 1. The highest BCUT2D eigenvalue weighted by molar-refractivity contribution is 9.09. The molecule has 35 heavy (non-hydrogen) atoms. The number of aromatic nitrogens is 2. The highest BCUT2D eigenvalue weighted by Crippen LogP contribution is 2.33. The van der Waals surface area contributed by atoms with Crippen molar-refractivity contribution in [2.45, 2.75) is 20.0 Å². The molecule has 0 saturated carbocycles. The van der Waals surface area contributed by atoms with Crippen molar-refractivity contribution in [2.75, 3.05) is 42.4 Å². The molecule has 0 spiro atoms. The Hall–Kier alpha value is -2.72.